The maximum absolute atomic E-state index is 10.6. The Morgan fingerprint density at radius 1 is 1.40 bits per heavy atom. The molecule has 0 spiro atoms. The summed E-state index contributed by atoms with van der Waals surface area (Å²) in [6, 6.07) is 4.82. The molecule has 4 nitrogen and oxygen atoms in total. The minimum Gasteiger partial charge on any atom is -0.475 e. The van der Waals surface area contributed by atoms with Gasteiger partial charge in [-0.05, 0) is 34.1 Å². The minimum absolute atomic E-state index is 0.0787. The van der Waals surface area contributed by atoms with E-state index in [4.69, 9.17) is 9.52 Å². The number of carboxylic acids is 1. The summed E-state index contributed by atoms with van der Waals surface area (Å²) >= 11 is 3.27. The molecule has 2 aromatic rings. The lowest BCUT2D eigenvalue weighted by Crippen LogP contribution is -1.91. The van der Waals surface area contributed by atoms with Crippen LogP contribution in [0.2, 0.25) is 0 Å². The van der Waals surface area contributed by atoms with Gasteiger partial charge in [0.2, 0.25) is 5.76 Å². The first kappa shape index (κ1) is 9.92. The second-order valence-electron chi connectivity index (χ2n) is 2.86. The Morgan fingerprint density at radius 2 is 2.20 bits per heavy atom. The monoisotopic (exact) mass is 267 g/mol. The van der Waals surface area contributed by atoms with Gasteiger partial charge in [0.15, 0.2) is 0 Å². The van der Waals surface area contributed by atoms with Gasteiger partial charge in [-0.25, -0.2) is 4.79 Å². The number of aromatic nitrogens is 1. The molecule has 2 rings (SSSR count). The molecular weight excluding hydrogens is 262 g/mol. The zero-order valence-corrected chi connectivity index (χ0v) is 9.06. The van der Waals surface area contributed by atoms with Crippen LogP contribution in [0.5, 0.6) is 0 Å². The highest BCUT2D eigenvalue weighted by Crippen LogP contribution is 2.23. The summed E-state index contributed by atoms with van der Waals surface area (Å²) in [6.07, 6.45) is 3.25. The van der Waals surface area contributed by atoms with E-state index < -0.39 is 5.97 Å². The summed E-state index contributed by atoms with van der Waals surface area (Å²) in [5.74, 6) is -0.671. The molecule has 1 N–H and O–H groups in total. The average Bonchev–Trinajstić information content (AvgIpc) is 2.66. The molecule has 0 atom stereocenters. The lowest BCUT2D eigenvalue weighted by atomic mass is 10.2. The molecule has 0 aliphatic heterocycles. The fraction of sp³-hybridized carbons (Fsp3) is 0. The van der Waals surface area contributed by atoms with Gasteiger partial charge >= 0.3 is 5.97 Å². The van der Waals surface area contributed by atoms with Gasteiger partial charge in [0.25, 0.3) is 0 Å². The van der Waals surface area contributed by atoms with Gasteiger partial charge in [-0.2, -0.15) is 0 Å². The van der Waals surface area contributed by atoms with Crippen molar-refractivity contribution in [1.82, 2.24) is 4.98 Å². The zero-order chi connectivity index (χ0) is 10.8. The van der Waals surface area contributed by atoms with E-state index in [0.29, 0.717) is 5.76 Å². The van der Waals surface area contributed by atoms with Crippen LogP contribution in [0.25, 0.3) is 11.3 Å². The Balaban J connectivity index is 2.41. The SMILES string of the molecule is O=C(O)c1ccc(-c2cncc(Br)c2)o1. The smallest absolute Gasteiger partial charge is 0.371 e. The molecule has 0 fully saturated rings. The normalized spacial score (nSPS) is 10.2. The van der Waals surface area contributed by atoms with Crippen LogP contribution < -0.4 is 0 Å². The van der Waals surface area contributed by atoms with Gasteiger partial charge in [0.05, 0.1) is 0 Å². The number of furan rings is 1. The van der Waals surface area contributed by atoms with E-state index >= 15 is 0 Å². The maximum Gasteiger partial charge on any atom is 0.371 e. The van der Waals surface area contributed by atoms with E-state index in [1.54, 1.807) is 24.5 Å². The predicted molar refractivity (Wildman–Crippen MR) is 56.6 cm³/mol. The molecule has 0 bridgehead atoms. The highest BCUT2D eigenvalue weighted by molar-refractivity contribution is 9.10. The van der Waals surface area contributed by atoms with Crippen molar-refractivity contribution in [3.05, 3.63) is 40.8 Å². The second kappa shape index (κ2) is 3.86. The second-order valence-corrected chi connectivity index (χ2v) is 3.78. The number of hydrogen-bond donors (Lipinski definition) is 1. The molecule has 5 heteroatoms. The van der Waals surface area contributed by atoms with Crippen LogP contribution in [-0.2, 0) is 0 Å². The number of nitrogens with zero attached hydrogens (tertiary/aromatic N) is 1. The Morgan fingerprint density at radius 3 is 2.80 bits per heavy atom. The van der Waals surface area contributed by atoms with E-state index in [1.807, 2.05) is 0 Å². The van der Waals surface area contributed by atoms with Crippen LogP contribution in [0.4, 0.5) is 0 Å². The van der Waals surface area contributed by atoms with Gasteiger partial charge in [-0.15, -0.1) is 0 Å². The largest absolute Gasteiger partial charge is 0.475 e. The van der Waals surface area contributed by atoms with Crippen molar-refractivity contribution in [2.45, 2.75) is 0 Å². The molecule has 15 heavy (non-hydrogen) atoms. The van der Waals surface area contributed by atoms with Gasteiger partial charge in [-0.3, -0.25) is 4.98 Å². The van der Waals surface area contributed by atoms with E-state index in [0.717, 1.165) is 10.0 Å². The molecule has 0 unspecified atom stereocenters. The maximum atomic E-state index is 10.6. The van der Waals surface area contributed by atoms with Crippen LogP contribution in [0.15, 0.2) is 39.5 Å². The standard InChI is InChI=1S/C10H6BrNO3/c11-7-3-6(4-12-5-7)8-1-2-9(15-8)10(13)14/h1-5H,(H,13,14). The van der Waals surface area contributed by atoms with Crippen molar-refractivity contribution in [2.24, 2.45) is 0 Å². The van der Waals surface area contributed by atoms with Gasteiger partial charge in [0, 0.05) is 22.4 Å². The Kier molecular flexibility index (Phi) is 2.55. The van der Waals surface area contributed by atoms with E-state index in [2.05, 4.69) is 20.9 Å². The first-order valence-electron chi connectivity index (χ1n) is 4.11. The number of pyridine rings is 1. The molecule has 0 aromatic carbocycles. The van der Waals surface area contributed by atoms with Gasteiger partial charge in [0.1, 0.15) is 5.76 Å². The van der Waals surface area contributed by atoms with Crippen LogP contribution >= 0.6 is 15.9 Å². The van der Waals surface area contributed by atoms with Crippen LogP contribution in [0, 0.1) is 0 Å². The van der Waals surface area contributed by atoms with Crippen LogP contribution in [-0.4, -0.2) is 16.1 Å². The molecule has 0 saturated heterocycles. The first-order valence-corrected chi connectivity index (χ1v) is 4.90. The third-order valence-electron chi connectivity index (χ3n) is 1.81. The summed E-state index contributed by atoms with van der Waals surface area (Å²) in [7, 11) is 0. The third-order valence-corrected chi connectivity index (χ3v) is 2.24. The Labute approximate surface area is 93.7 Å². The quantitative estimate of drug-likeness (QED) is 0.909. The number of carboxylic acid groups (broad SMARTS) is 1. The Hall–Kier alpha value is -1.62. The molecule has 76 valence electrons. The van der Waals surface area contributed by atoms with Crippen LogP contribution in [0.3, 0.4) is 0 Å². The molecule has 2 heterocycles. The third kappa shape index (κ3) is 2.07. The molecule has 0 aliphatic carbocycles. The summed E-state index contributed by atoms with van der Waals surface area (Å²) in [6.45, 7) is 0. The zero-order valence-electron chi connectivity index (χ0n) is 7.48. The van der Waals surface area contributed by atoms with Gasteiger partial charge in [-0.1, -0.05) is 0 Å². The summed E-state index contributed by atoms with van der Waals surface area (Å²) in [5, 5.41) is 8.68. The summed E-state index contributed by atoms with van der Waals surface area (Å²) in [5.41, 5.74) is 0.733. The Bertz CT molecular complexity index is 507. The van der Waals surface area contributed by atoms with E-state index in [1.165, 1.54) is 6.07 Å². The lowest BCUT2D eigenvalue weighted by Gasteiger charge is -1.96. The van der Waals surface area contributed by atoms with Crippen molar-refractivity contribution >= 4 is 21.9 Å². The van der Waals surface area contributed by atoms with Crippen molar-refractivity contribution in [1.29, 1.82) is 0 Å². The average molecular weight is 268 g/mol. The van der Waals surface area contributed by atoms with Crippen molar-refractivity contribution < 1.29 is 14.3 Å². The van der Waals surface area contributed by atoms with E-state index in [9.17, 15) is 4.79 Å². The summed E-state index contributed by atoms with van der Waals surface area (Å²) in [4.78, 5) is 14.6. The van der Waals surface area contributed by atoms with Crippen molar-refractivity contribution in [3.8, 4) is 11.3 Å². The van der Waals surface area contributed by atoms with Crippen LogP contribution in [0.1, 0.15) is 10.6 Å². The highest BCUT2D eigenvalue weighted by Gasteiger charge is 2.10. The minimum atomic E-state index is -1.08. The molecule has 0 saturated carbocycles. The number of carbonyl (C=O) groups is 1. The number of halogens is 1. The van der Waals surface area contributed by atoms with Crippen molar-refractivity contribution in [3.63, 3.8) is 0 Å². The van der Waals surface area contributed by atoms with E-state index in [-0.39, 0.29) is 5.76 Å². The predicted octanol–water partition coefficient (Wildman–Crippen LogP) is 2.80. The van der Waals surface area contributed by atoms with Crippen molar-refractivity contribution in [2.75, 3.05) is 0 Å². The molecule has 0 amide bonds. The molecule has 0 aliphatic rings. The lowest BCUT2D eigenvalue weighted by molar-refractivity contribution is 0.0663. The topological polar surface area (TPSA) is 63.3 Å². The number of hydrogen-bond acceptors (Lipinski definition) is 3. The van der Waals surface area contributed by atoms with Gasteiger partial charge < -0.3 is 9.52 Å². The fourth-order valence-corrected chi connectivity index (χ4v) is 1.52. The highest BCUT2D eigenvalue weighted by atomic mass is 79.9. The first-order chi connectivity index (χ1) is 7.16. The number of aromatic carboxylic acids is 1. The molecular formula is C10H6BrNO3. The summed E-state index contributed by atoms with van der Waals surface area (Å²) < 4.78 is 5.94. The molecule has 2 aromatic heterocycles. The molecule has 0 radical (unpaired) electrons. The number of rotatable bonds is 2. The fourth-order valence-electron chi connectivity index (χ4n) is 1.15.